The molecule has 0 atom stereocenters. The van der Waals surface area contributed by atoms with Gasteiger partial charge >= 0.3 is 0 Å². The smallest absolute Gasteiger partial charge is 0.214 e. The molecule has 0 aromatic heterocycles. The molecule has 0 spiro atoms. The van der Waals surface area contributed by atoms with Crippen molar-refractivity contribution in [2.24, 2.45) is 0 Å². The molecule has 1 aliphatic carbocycles. The van der Waals surface area contributed by atoms with Crippen molar-refractivity contribution in [2.75, 3.05) is 13.1 Å². The van der Waals surface area contributed by atoms with Gasteiger partial charge in [0, 0.05) is 6.04 Å². The molecule has 1 aromatic carbocycles. The molecule has 0 saturated carbocycles. The number of nitrogens with one attached hydrogen (secondary N) is 2. The highest BCUT2D eigenvalue weighted by Gasteiger charge is 2.31. The third-order valence-corrected chi connectivity index (χ3v) is 6.12. The van der Waals surface area contributed by atoms with Crippen LogP contribution in [0.2, 0.25) is 0 Å². The van der Waals surface area contributed by atoms with Crippen molar-refractivity contribution in [3.8, 4) is 0 Å². The third-order valence-electron chi connectivity index (χ3n) is 4.11. The molecule has 0 bridgehead atoms. The zero-order valence-corrected chi connectivity index (χ0v) is 11.7. The van der Waals surface area contributed by atoms with E-state index in [9.17, 15) is 8.42 Å². The third kappa shape index (κ3) is 2.83. The number of hydrogen-bond donors (Lipinski definition) is 2. The molecule has 104 valence electrons. The quantitative estimate of drug-likeness (QED) is 0.862. The minimum atomic E-state index is -3.17. The standard InChI is InChI=1S/C14H20N2O2S/c17-19(18,14-5-7-15-8-6-14)16-13-9-11-3-1-2-4-12(11)10-13/h1-4,13-16H,5-10H2. The molecule has 4 nitrogen and oxygen atoms in total. The topological polar surface area (TPSA) is 58.2 Å². The Hall–Kier alpha value is -0.910. The molecule has 1 aliphatic heterocycles. The zero-order chi connectivity index (χ0) is 13.3. The van der Waals surface area contributed by atoms with Crippen LogP contribution < -0.4 is 10.0 Å². The van der Waals surface area contributed by atoms with Crippen LogP contribution in [0.5, 0.6) is 0 Å². The maximum atomic E-state index is 12.4. The molecule has 1 aromatic rings. The molecular formula is C14H20N2O2S. The Morgan fingerprint density at radius 2 is 1.63 bits per heavy atom. The molecule has 0 radical (unpaired) electrons. The van der Waals surface area contributed by atoms with Crippen LogP contribution in [-0.2, 0) is 22.9 Å². The molecule has 0 unspecified atom stereocenters. The Morgan fingerprint density at radius 1 is 1.05 bits per heavy atom. The van der Waals surface area contributed by atoms with Crippen molar-refractivity contribution in [1.29, 1.82) is 0 Å². The van der Waals surface area contributed by atoms with Gasteiger partial charge < -0.3 is 5.32 Å². The first-order chi connectivity index (χ1) is 9.15. The average Bonchev–Trinajstić information content (AvgIpc) is 2.81. The fraction of sp³-hybridized carbons (Fsp3) is 0.571. The molecule has 1 heterocycles. The van der Waals surface area contributed by atoms with Gasteiger partial charge in [0.1, 0.15) is 0 Å². The fourth-order valence-electron chi connectivity index (χ4n) is 3.08. The van der Waals surface area contributed by atoms with E-state index in [-0.39, 0.29) is 11.3 Å². The first kappa shape index (κ1) is 13.1. The van der Waals surface area contributed by atoms with Crippen molar-refractivity contribution >= 4 is 10.0 Å². The SMILES string of the molecule is O=S(=O)(NC1Cc2ccccc2C1)C1CCNCC1. The van der Waals surface area contributed by atoms with Crippen molar-refractivity contribution in [3.05, 3.63) is 35.4 Å². The number of sulfonamides is 1. The summed E-state index contributed by atoms with van der Waals surface area (Å²) < 4.78 is 27.6. The molecule has 2 N–H and O–H groups in total. The fourth-order valence-corrected chi connectivity index (χ4v) is 4.76. The lowest BCUT2D eigenvalue weighted by atomic mass is 10.1. The maximum absolute atomic E-state index is 12.4. The Labute approximate surface area is 114 Å². The van der Waals surface area contributed by atoms with Gasteiger partial charge in [-0.15, -0.1) is 0 Å². The van der Waals surface area contributed by atoms with E-state index in [4.69, 9.17) is 0 Å². The first-order valence-corrected chi connectivity index (χ1v) is 8.48. The number of piperidine rings is 1. The molecule has 0 amide bonds. The average molecular weight is 280 g/mol. The van der Waals surface area contributed by atoms with E-state index >= 15 is 0 Å². The highest BCUT2D eigenvalue weighted by atomic mass is 32.2. The van der Waals surface area contributed by atoms with Crippen LogP contribution >= 0.6 is 0 Å². The summed E-state index contributed by atoms with van der Waals surface area (Å²) in [5.41, 5.74) is 2.56. The summed E-state index contributed by atoms with van der Waals surface area (Å²) in [4.78, 5) is 0. The van der Waals surface area contributed by atoms with Gasteiger partial charge in [-0.1, -0.05) is 24.3 Å². The lowest BCUT2D eigenvalue weighted by Gasteiger charge is -2.24. The number of hydrogen-bond acceptors (Lipinski definition) is 3. The van der Waals surface area contributed by atoms with Crippen molar-refractivity contribution in [1.82, 2.24) is 10.0 Å². The highest BCUT2D eigenvalue weighted by molar-refractivity contribution is 7.90. The summed E-state index contributed by atoms with van der Waals surface area (Å²) in [5, 5.41) is 2.98. The van der Waals surface area contributed by atoms with Gasteiger partial charge in [-0.25, -0.2) is 13.1 Å². The molecule has 19 heavy (non-hydrogen) atoms. The molecular weight excluding hydrogens is 260 g/mol. The van der Waals surface area contributed by atoms with Crippen LogP contribution in [0.3, 0.4) is 0 Å². The monoisotopic (exact) mass is 280 g/mol. The van der Waals surface area contributed by atoms with Crippen LogP contribution in [-0.4, -0.2) is 32.8 Å². The predicted molar refractivity (Wildman–Crippen MR) is 75.6 cm³/mol. The van der Waals surface area contributed by atoms with Crippen LogP contribution in [0.1, 0.15) is 24.0 Å². The Morgan fingerprint density at radius 3 is 2.21 bits per heavy atom. The van der Waals surface area contributed by atoms with E-state index in [0.29, 0.717) is 0 Å². The molecule has 3 rings (SSSR count). The van der Waals surface area contributed by atoms with E-state index in [0.717, 1.165) is 38.8 Å². The maximum Gasteiger partial charge on any atom is 0.214 e. The van der Waals surface area contributed by atoms with Gasteiger partial charge in [0.15, 0.2) is 0 Å². The normalized spacial score (nSPS) is 21.5. The van der Waals surface area contributed by atoms with Crippen molar-refractivity contribution < 1.29 is 8.42 Å². The second-order valence-electron chi connectivity index (χ2n) is 5.49. The Bertz CT molecular complexity index is 525. The molecule has 2 aliphatic rings. The lowest BCUT2D eigenvalue weighted by Crippen LogP contribution is -2.45. The highest BCUT2D eigenvalue weighted by Crippen LogP contribution is 2.23. The Kier molecular flexibility index (Phi) is 3.60. The number of rotatable bonds is 3. The minimum Gasteiger partial charge on any atom is -0.317 e. The lowest BCUT2D eigenvalue weighted by molar-refractivity contribution is 0.481. The summed E-state index contributed by atoms with van der Waals surface area (Å²) in [6, 6.07) is 8.25. The van der Waals surface area contributed by atoms with Crippen molar-refractivity contribution in [2.45, 2.75) is 37.0 Å². The van der Waals surface area contributed by atoms with Gasteiger partial charge in [-0.2, -0.15) is 0 Å². The first-order valence-electron chi connectivity index (χ1n) is 6.94. The van der Waals surface area contributed by atoms with E-state index in [1.165, 1.54) is 11.1 Å². The van der Waals surface area contributed by atoms with Gasteiger partial charge in [-0.05, 0) is 49.9 Å². The van der Waals surface area contributed by atoms with Gasteiger partial charge in [0.2, 0.25) is 10.0 Å². The van der Waals surface area contributed by atoms with E-state index in [2.05, 4.69) is 22.2 Å². The summed E-state index contributed by atoms with van der Waals surface area (Å²) in [6.07, 6.45) is 3.07. The minimum absolute atomic E-state index is 0.0392. The number of benzene rings is 1. The summed E-state index contributed by atoms with van der Waals surface area (Å²) in [5.74, 6) is 0. The molecule has 1 saturated heterocycles. The van der Waals surface area contributed by atoms with Gasteiger partial charge in [-0.3, -0.25) is 0 Å². The largest absolute Gasteiger partial charge is 0.317 e. The van der Waals surface area contributed by atoms with Crippen LogP contribution in [0.25, 0.3) is 0 Å². The summed E-state index contributed by atoms with van der Waals surface area (Å²) in [7, 11) is -3.17. The van der Waals surface area contributed by atoms with E-state index in [1.807, 2.05) is 12.1 Å². The second kappa shape index (κ2) is 5.23. The van der Waals surface area contributed by atoms with Gasteiger partial charge in [0.25, 0.3) is 0 Å². The van der Waals surface area contributed by atoms with Crippen molar-refractivity contribution in [3.63, 3.8) is 0 Å². The van der Waals surface area contributed by atoms with E-state index in [1.54, 1.807) is 0 Å². The molecule has 5 heteroatoms. The second-order valence-corrected chi connectivity index (χ2v) is 7.48. The van der Waals surface area contributed by atoms with Gasteiger partial charge in [0.05, 0.1) is 5.25 Å². The van der Waals surface area contributed by atoms with E-state index < -0.39 is 10.0 Å². The Balaban J connectivity index is 1.66. The zero-order valence-electron chi connectivity index (χ0n) is 10.9. The summed E-state index contributed by atoms with van der Waals surface area (Å²) in [6.45, 7) is 1.60. The number of fused-ring (bicyclic) bond motifs is 1. The van der Waals surface area contributed by atoms with Crippen LogP contribution in [0.4, 0.5) is 0 Å². The predicted octanol–water partition coefficient (Wildman–Crippen LogP) is 0.825. The van der Waals surface area contributed by atoms with Crippen LogP contribution in [0.15, 0.2) is 24.3 Å². The summed E-state index contributed by atoms with van der Waals surface area (Å²) >= 11 is 0. The van der Waals surface area contributed by atoms with Crippen LogP contribution in [0, 0.1) is 0 Å². The molecule has 1 fully saturated rings.